The van der Waals surface area contributed by atoms with E-state index < -0.39 is 0 Å². The Morgan fingerprint density at radius 1 is 1.56 bits per heavy atom. The highest BCUT2D eigenvalue weighted by Gasteiger charge is 1.97. The van der Waals surface area contributed by atoms with E-state index >= 15 is 0 Å². The Labute approximate surface area is 110 Å². The second-order valence-corrected chi connectivity index (χ2v) is 3.48. The van der Waals surface area contributed by atoms with Crippen LogP contribution in [0.5, 0.6) is 0 Å². The molecule has 0 saturated carbocycles. The number of methoxy groups -OCH3 is 1. The van der Waals surface area contributed by atoms with Crippen molar-refractivity contribution in [1.29, 1.82) is 0 Å². The van der Waals surface area contributed by atoms with Gasteiger partial charge in [-0.05, 0) is 22.4 Å². The van der Waals surface area contributed by atoms with Crippen LogP contribution in [0.4, 0.5) is 5.82 Å². The maximum absolute atomic E-state index is 5.51. The van der Waals surface area contributed by atoms with Gasteiger partial charge in [-0.1, -0.05) is 18.5 Å². The van der Waals surface area contributed by atoms with Crippen LogP contribution in [0.15, 0.2) is 10.8 Å². The van der Waals surface area contributed by atoms with Gasteiger partial charge in [-0.25, -0.2) is 9.97 Å². The van der Waals surface area contributed by atoms with E-state index in [-0.39, 0.29) is 5.15 Å². The third-order valence-electron chi connectivity index (χ3n) is 1.12. The van der Waals surface area contributed by atoms with Crippen molar-refractivity contribution < 1.29 is 4.74 Å². The topological polar surface area (TPSA) is 61.0 Å². The summed E-state index contributed by atoms with van der Waals surface area (Å²) in [5.41, 5.74) is 5.25. The van der Waals surface area contributed by atoms with Crippen molar-refractivity contribution in [1.82, 2.24) is 9.97 Å². The first-order chi connectivity index (χ1) is 7.61. The molecule has 1 heterocycles. The van der Waals surface area contributed by atoms with E-state index in [0.717, 1.165) is 13.0 Å². The molecular weight excluding hydrogens is 293 g/mol. The highest BCUT2D eigenvalue weighted by molar-refractivity contribution is 9.10. The van der Waals surface area contributed by atoms with Crippen LogP contribution >= 0.6 is 27.5 Å². The summed E-state index contributed by atoms with van der Waals surface area (Å²) in [6.07, 6.45) is 10.5. The van der Waals surface area contributed by atoms with Crippen molar-refractivity contribution >= 4 is 33.3 Å². The average Bonchev–Trinajstić information content (AvgIpc) is 2.29. The molecule has 0 unspecified atom stereocenters. The summed E-state index contributed by atoms with van der Waals surface area (Å²) < 4.78 is 5.20. The van der Waals surface area contributed by atoms with Gasteiger partial charge in [-0.3, -0.25) is 0 Å². The first-order valence-corrected chi connectivity index (χ1v) is 5.54. The van der Waals surface area contributed by atoms with Gasteiger partial charge in [-0.2, -0.15) is 0 Å². The Balaban J connectivity index is 0. The smallest absolute Gasteiger partial charge is 0.164 e. The number of nitrogens with zero attached hydrogens (tertiary/aromatic N) is 2. The average molecular weight is 309 g/mol. The number of aromatic nitrogens is 2. The summed E-state index contributed by atoms with van der Waals surface area (Å²) in [6, 6.07) is 0. The van der Waals surface area contributed by atoms with E-state index in [4.69, 9.17) is 22.1 Å². The quantitative estimate of drug-likeness (QED) is 0.853. The monoisotopic (exact) mass is 307 g/mol. The lowest BCUT2D eigenvalue weighted by molar-refractivity contribution is 0.199. The Bertz CT molecular complexity index is 305. The molecular formula is C10H15BrClN3O. The van der Waals surface area contributed by atoms with Crippen molar-refractivity contribution in [3.63, 3.8) is 0 Å². The molecule has 90 valence electrons. The van der Waals surface area contributed by atoms with Crippen molar-refractivity contribution in [3.8, 4) is 12.8 Å². The van der Waals surface area contributed by atoms with Gasteiger partial charge >= 0.3 is 0 Å². The molecule has 0 atom stereocenters. The van der Waals surface area contributed by atoms with Gasteiger partial charge in [0.2, 0.25) is 0 Å². The summed E-state index contributed by atoms with van der Waals surface area (Å²) in [5.74, 6) is 0.322. The minimum Gasteiger partial charge on any atom is -0.385 e. The highest BCUT2D eigenvalue weighted by atomic mass is 79.9. The molecule has 0 aliphatic carbocycles. The van der Waals surface area contributed by atoms with Crippen molar-refractivity contribution in [2.75, 3.05) is 19.5 Å². The van der Waals surface area contributed by atoms with E-state index in [9.17, 15) is 0 Å². The van der Waals surface area contributed by atoms with Crippen molar-refractivity contribution in [2.24, 2.45) is 0 Å². The van der Waals surface area contributed by atoms with E-state index in [1.165, 1.54) is 6.20 Å². The Morgan fingerprint density at radius 3 is 2.38 bits per heavy atom. The number of anilines is 1. The summed E-state index contributed by atoms with van der Waals surface area (Å²) in [5, 5.41) is 0.287. The molecule has 0 amide bonds. The predicted octanol–water partition coefficient (Wildman–Crippen LogP) is 2.77. The van der Waals surface area contributed by atoms with Gasteiger partial charge in [0, 0.05) is 13.7 Å². The van der Waals surface area contributed by atoms with Crippen LogP contribution in [0, 0.1) is 12.8 Å². The minimum absolute atomic E-state index is 0.287. The summed E-state index contributed by atoms with van der Waals surface area (Å²) >= 11 is 8.58. The standard InChI is InChI=1S/C4H3BrClN3.C4H10O.C2H2/c5-3-4(6)9-2(7)1-8-3;1-3-4-5-2;1-2/h1H,(H2,7,9);3-4H2,1-2H3;1-2H. The molecule has 16 heavy (non-hydrogen) atoms. The SMILES string of the molecule is C#C.CCCOC.Nc1cnc(Br)c(Cl)n1. The summed E-state index contributed by atoms with van der Waals surface area (Å²) in [6.45, 7) is 2.98. The molecule has 1 rings (SSSR count). The highest BCUT2D eigenvalue weighted by Crippen LogP contribution is 2.16. The fourth-order valence-corrected chi connectivity index (χ4v) is 0.906. The normalized spacial score (nSPS) is 8.12. The lowest BCUT2D eigenvalue weighted by Gasteiger charge is -1.92. The lowest BCUT2D eigenvalue weighted by atomic mass is 10.5. The maximum atomic E-state index is 5.51. The molecule has 1 aromatic heterocycles. The molecule has 0 saturated heterocycles. The number of ether oxygens (including phenoxy) is 1. The molecule has 0 spiro atoms. The van der Waals surface area contributed by atoms with Crippen LogP contribution in [0.3, 0.4) is 0 Å². The molecule has 0 aliphatic rings. The van der Waals surface area contributed by atoms with E-state index in [1.807, 2.05) is 0 Å². The Morgan fingerprint density at radius 2 is 2.12 bits per heavy atom. The third kappa shape index (κ3) is 9.71. The number of hydrogen-bond donors (Lipinski definition) is 1. The number of nitrogens with two attached hydrogens (primary N) is 1. The third-order valence-corrected chi connectivity index (χ3v) is 2.19. The van der Waals surface area contributed by atoms with E-state index in [0.29, 0.717) is 10.4 Å². The van der Waals surface area contributed by atoms with Gasteiger partial charge in [0.25, 0.3) is 0 Å². The number of halogens is 2. The molecule has 0 radical (unpaired) electrons. The molecule has 6 heteroatoms. The fourth-order valence-electron chi connectivity index (χ4n) is 0.569. The molecule has 0 aliphatic heterocycles. The van der Waals surface area contributed by atoms with E-state index in [1.54, 1.807) is 7.11 Å². The van der Waals surface area contributed by atoms with E-state index in [2.05, 4.69) is 45.7 Å². The lowest BCUT2D eigenvalue weighted by Crippen LogP contribution is -1.91. The molecule has 1 aromatic rings. The number of rotatable bonds is 2. The molecule has 0 bridgehead atoms. The zero-order valence-electron chi connectivity index (χ0n) is 9.28. The second-order valence-electron chi connectivity index (χ2n) is 2.37. The Kier molecular flexibility index (Phi) is 13.4. The van der Waals surface area contributed by atoms with Crippen LogP contribution in [0.1, 0.15) is 13.3 Å². The van der Waals surface area contributed by atoms with Crippen LogP contribution in [-0.4, -0.2) is 23.7 Å². The van der Waals surface area contributed by atoms with Crippen LogP contribution in [0.2, 0.25) is 5.15 Å². The second kappa shape index (κ2) is 12.2. The molecule has 2 N–H and O–H groups in total. The van der Waals surface area contributed by atoms with Crippen LogP contribution < -0.4 is 5.73 Å². The first kappa shape index (κ1) is 17.6. The first-order valence-electron chi connectivity index (χ1n) is 4.37. The number of nitrogen functional groups attached to an aromatic ring is 1. The summed E-state index contributed by atoms with van der Waals surface area (Å²) in [7, 11) is 1.71. The molecule has 4 nitrogen and oxygen atoms in total. The van der Waals surface area contributed by atoms with Gasteiger partial charge in [0.05, 0.1) is 6.20 Å². The zero-order chi connectivity index (χ0) is 13.0. The largest absolute Gasteiger partial charge is 0.385 e. The minimum atomic E-state index is 0.287. The number of hydrogen-bond acceptors (Lipinski definition) is 4. The van der Waals surface area contributed by atoms with Gasteiger partial charge in [0.15, 0.2) is 5.15 Å². The number of terminal acetylenes is 1. The zero-order valence-corrected chi connectivity index (χ0v) is 11.6. The predicted molar refractivity (Wildman–Crippen MR) is 71.2 cm³/mol. The van der Waals surface area contributed by atoms with Crippen molar-refractivity contribution in [3.05, 3.63) is 16.0 Å². The fraction of sp³-hybridized carbons (Fsp3) is 0.400. The molecule has 0 aromatic carbocycles. The van der Waals surface area contributed by atoms with Gasteiger partial charge in [-0.15, -0.1) is 12.8 Å². The maximum Gasteiger partial charge on any atom is 0.164 e. The van der Waals surface area contributed by atoms with Crippen molar-refractivity contribution in [2.45, 2.75) is 13.3 Å². The van der Waals surface area contributed by atoms with Gasteiger partial charge in [0.1, 0.15) is 10.4 Å². The van der Waals surface area contributed by atoms with Crippen LogP contribution in [0.25, 0.3) is 0 Å². The Hall–Kier alpha value is -0.830. The summed E-state index contributed by atoms with van der Waals surface area (Å²) in [4.78, 5) is 7.48. The van der Waals surface area contributed by atoms with Crippen LogP contribution in [-0.2, 0) is 4.74 Å². The molecule has 0 fully saturated rings. The van der Waals surface area contributed by atoms with Gasteiger partial charge < -0.3 is 10.5 Å².